The summed E-state index contributed by atoms with van der Waals surface area (Å²) >= 11 is 2.24. The highest BCUT2D eigenvalue weighted by Crippen LogP contribution is 2.11. The SMILES string of the molecule is CCC(O)C(O)Cc1ccc(I)cc1. The van der Waals surface area contributed by atoms with E-state index in [1.165, 1.54) is 3.57 Å². The smallest absolute Gasteiger partial charge is 0.0839 e. The van der Waals surface area contributed by atoms with Gasteiger partial charge < -0.3 is 10.2 Å². The third-order valence-corrected chi connectivity index (χ3v) is 2.94. The van der Waals surface area contributed by atoms with Crippen molar-refractivity contribution in [1.82, 2.24) is 0 Å². The number of halogens is 1. The van der Waals surface area contributed by atoms with Crippen LogP contribution in [0.1, 0.15) is 18.9 Å². The van der Waals surface area contributed by atoms with Crippen molar-refractivity contribution in [3.63, 3.8) is 0 Å². The van der Waals surface area contributed by atoms with Gasteiger partial charge in [0.2, 0.25) is 0 Å². The Labute approximate surface area is 98.1 Å². The molecular formula is C11H15IO2. The number of aliphatic hydroxyl groups excluding tert-OH is 2. The molecule has 3 heteroatoms. The van der Waals surface area contributed by atoms with E-state index in [-0.39, 0.29) is 0 Å². The van der Waals surface area contributed by atoms with E-state index in [1.807, 2.05) is 31.2 Å². The maximum atomic E-state index is 9.59. The van der Waals surface area contributed by atoms with Gasteiger partial charge in [0, 0.05) is 9.99 Å². The lowest BCUT2D eigenvalue weighted by Gasteiger charge is -2.15. The number of hydrogen-bond donors (Lipinski definition) is 2. The third-order valence-electron chi connectivity index (χ3n) is 2.22. The highest BCUT2D eigenvalue weighted by molar-refractivity contribution is 14.1. The summed E-state index contributed by atoms with van der Waals surface area (Å²) in [6.45, 7) is 1.86. The van der Waals surface area contributed by atoms with Crippen LogP contribution in [0.15, 0.2) is 24.3 Å². The molecule has 0 aliphatic carbocycles. The Morgan fingerprint density at radius 1 is 1.14 bits per heavy atom. The molecule has 0 bridgehead atoms. The lowest BCUT2D eigenvalue weighted by Crippen LogP contribution is -2.27. The van der Waals surface area contributed by atoms with Crippen LogP contribution in [0.3, 0.4) is 0 Å². The second kappa shape index (κ2) is 5.68. The molecule has 1 aromatic rings. The molecule has 2 N–H and O–H groups in total. The Bertz CT molecular complexity index is 271. The zero-order chi connectivity index (χ0) is 10.6. The van der Waals surface area contributed by atoms with Gasteiger partial charge in [0.1, 0.15) is 0 Å². The van der Waals surface area contributed by atoms with Crippen LogP contribution >= 0.6 is 22.6 Å². The van der Waals surface area contributed by atoms with Crippen molar-refractivity contribution in [2.24, 2.45) is 0 Å². The molecule has 0 saturated heterocycles. The first-order chi connectivity index (χ1) is 6.63. The summed E-state index contributed by atoms with van der Waals surface area (Å²) in [5.74, 6) is 0. The van der Waals surface area contributed by atoms with Gasteiger partial charge in [0.05, 0.1) is 12.2 Å². The summed E-state index contributed by atoms with van der Waals surface area (Å²) in [4.78, 5) is 0. The van der Waals surface area contributed by atoms with Crippen molar-refractivity contribution in [2.75, 3.05) is 0 Å². The molecule has 0 amide bonds. The van der Waals surface area contributed by atoms with E-state index >= 15 is 0 Å². The monoisotopic (exact) mass is 306 g/mol. The Morgan fingerprint density at radius 3 is 2.21 bits per heavy atom. The van der Waals surface area contributed by atoms with Gasteiger partial charge in [-0.2, -0.15) is 0 Å². The van der Waals surface area contributed by atoms with Crippen molar-refractivity contribution in [3.05, 3.63) is 33.4 Å². The minimum Gasteiger partial charge on any atom is -0.390 e. The third kappa shape index (κ3) is 3.55. The lowest BCUT2D eigenvalue weighted by atomic mass is 10.0. The molecule has 1 aromatic carbocycles. The first-order valence-corrected chi connectivity index (χ1v) is 5.82. The Hall–Kier alpha value is -0.130. The number of aliphatic hydroxyl groups is 2. The fraction of sp³-hybridized carbons (Fsp3) is 0.455. The van der Waals surface area contributed by atoms with Crippen LogP contribution in [-0.4, -0.2) is 22.4 Å². The molecular weight excluding hydrogens is 291 g/mol. The first kappa shape index (κ1) is 11.9. The summed E-state index contributed by atoms with van der Waals surface area (Å²) in [7, 11) is 0. The van der Waals surface area contributed by atoms with Crippen LogP contribution in [-0.2, 0) is 6.42 Å². The molecule has 0 saturated carbocycles. The van der Waals surface area contributed by atoms with E-state index < -0.39 is 12.2 Å². The maximum absolute atomic E-state index is 9.59. The molecule has 78 valence electrons. The van der Waals surface area contributed by atoms with Gasteiger partial charge in [0.15, 0.2) is 0 Å². The average Bonchev–Trinajstić information content (AvgIpc) is 2.20. The molecule has 0 aliphatic rings. The molecule has 0 heterocycles. The zero-order valence-electron chi connectivity index (χ0n) is 8.15. The van der Waals surface area contributed by atoms with E-state index in [0.717, 1.165) is 5.56 Å². The largest absolute Gasteiger partial charge is 0.390 e. The molecule has 1 rings (SSSR count). The van der Waals surface area contributed by atoms with Gasteiger partial charge in [-0.15, -0.1) is 0 Å². The average molecular weight is 306 g/mol. The minimum absolute atomic E-state index is 0.520. The summed E-state index contributed by atoms with van der Waals surface area (Å²) in [5, 5.41) is 19.0. The molecule has 0 aromatic heterocycles. The minimum atomic E-state index is -0.653. The standard InChI is InChI=1S/C11H15IO2/c1-2-10(13)11(14)7-8-3-5-9(12)6-4-8/h3-6,10-11,13-14H,2,7H2,1H3. The fourth-order valence-corrected chi connectivity index (χ4v) is 1.63. The van der Waals surface area contributed by atoms with Crippen LogP contribution in [0.25, 0.3) is 0 Å². The predicted octanol–water partition coefficient (Wildman–Crippen LogP) is 1.97. The molecule has 2 atom stereocenters. The second-order valence-electron chi connectivity index (χ2n) is 3.37. The molecule has 0 spiro atoms. The normalized spacial score (nSPS) is 15.1. The summed E-state index contributed by atoms with van der Waals surface area (Å²) in [6.07, 6.45) is -0.161. The van der Waals surface area contributed by atoms with Gasteiger partial charge in [-0.25, -0.2) is 0 Å². The van der Waals surface area contributed by atoms with Crippen LogP contribution < -0.4 is 0 Å². The lowest BCUT2D eigenvalue weighted by molar-refractivity contribution is 0.0181. The second-order valence-corrected chi connectivity index (χ2v) is 4.62. The van der Waals surface area contributed by atoms with Crippen molar-refractivity contribution in [1.29, 1.82) is 0 Å². The predicted molar refractivity (Wildman–Crippen MR) is 65.2 cm³/mol. The zero-order valence-corrected chi connectivity index (χ0v) is 10.3. The summed E-state index contributed by atoms with van der Waals surface area (Å²) < 4.78 is 1.18. The van der Waals surface area contributed by atoms with Crippen molar-refractivity contribution in [2.45, 2.75) is 32.0 Å². The maximum Gasteiger partial charge on any atom is 0.0839 e. The summed E-state index contributed by atoms with van der Waals surface area (Å²) in [6, 6.07) is 7.96. The fourth-order valence-electron chi connectivity index (χ4n) is 1.27. The van der Waals surface area contributed by atoms with E-state index in [4.69, 9.17) is 0 Å². The van der Waals surface area contributed by atoms with Gasteiger partial charge in [0.25, 0.3) is 0 Å². The molecule has 2 nitrogen and oxygen atoms in total. The molecule has 2 unspecified atom stereocenters. The topological polar surface area (TPSA) is 40.5 Å². The Morgan fingerprint density at radius 2 is 1.71 bits per heavy atom. The Balaban J connectivity index is 2.56. The van der Waals surface area contributed by atoms with Gasteiger partial charge in [-0.1, -0.05) is 19.1 Å². The van der Waals surface area contributed by atoms with Gasteiger partial charge in [-0.05, 0) is 46.7 Å². The first-order valence-electron chi connectivity index (χ1n) is 4.74. The summed E-state index contributed by atoms with van der Waals surface area (Å²) in [5.41, 5.74) is 1.06. The Kier molecular flexibility index (Phi) is 4.84. The van der Waals surface area contributed by atoms with Crippen LogP contribution in [0, 0.1) is 3.57 Å². The highest BCUT2D eigenvalue weighted by Gasteiger charge is 2.14. The molecule has 0 aliphatic heterocycles. The van der Waals surface area contributed by atoms with Gasteiger partial charge >= 0.3 is 0 Å². The van der Waals surface area contributed by atoms with Crippen LogP contribution in [0.4, 0.5) is 0 Å². The van der Waals surface area contributed by atoms with Gasteiger partial charge in [-0.3, -0.25) is 0 Å². The number of rotatable bonds is 4. The van der Waals surface area contributed by atoms with Crippen molar-refractivity contribution >= 4 is 22.6 Å². The number of hydrogen-bond acceptors (Lipinski definition) is 2. The van der Waals surface area contributed by atoms with E-state index in [0.29, 0.717) is 12.8 Å². The van der Waals surface area contributed by atoms with E-state index in [2.05, 4.69) is 22.6 Å². The van der Waals surface area contributed by atoms with Crippen molar-refractivity contribution in [3.8, 4) is 0 Å². The van der Waals surface area contributed by atoms with E-state index in [9.17, 15) is 10.2 Å². The van der Waals surface area contributed by atoms with Crippen molar-refractivity contribution < 1.29 is 10.2 Å². The van der Waals surface area contributed by atoms with E-state index in [1.54, 1.807) is 0 Å². The van der Waals surface area contributed by atoms with Crippen LogP contribution in [0.5, 0.6) is 0 Å². The van der Waals surface area contributed by atoms with Crippen LogP contribution in [0.2, 0.25) is 0 Å². The highest BCUT2D eigenvalue weighted by atomic mass is 127. The quantitative estimate of drug-likeness (QED) is 0.835. The molecule has 0 fully saturated rings. The molecule has 0 radical (unpaired) electrons. The molecule has 14 heavy (non-hydrogen) atoms. The number of benzene rings is 1.